The molecule has 10 nitrogen and oxygen atoms in total. The molecule has 0 aliphatic rings. The van der Waals surface area contributed by atoms with Crippen LogP contribution in [0.25, 0.3) is 0 Å². The van der Waals surface area contributed by atoms with E-state index in [0.29, 0.717) is 19.3 Å². The highest BCUT2D eigenvalue weighted by Crippen LogP contribution is 2.43. The van der Waals surface area contributed by atoms with Crippen molar-refractivity contribution in [3.05, 3.63) is 60.8 Å². The fourth-order valence-electron chi connectivity index (χ4n) is 5.69. The Hall–Kier alpha value is -2.33. The van der Waals surface area contributed by atoms with E-state index in [9.17, 15) is 24.2 Å². The first-order valence-corrected chi connectivity index (χ1v) is 23.7. The number of rotatable bonds is 41. The molecule has 3 N–H and O–H groups in total. The average molecular weight is 825 g/mol. The second-order valence-electron chi connectivity index (χ2n) is 14.7. The molecule has 11 heteroatoms. The van der Waals surface area contributed by atoms with Crippen molar-refractivity contribution in [2.75, 3.05) is 26.4 Å². The Bertz CT molecular complexity index is 1130. The van der Waals surface area contributed by atoms with E-state index < -0.39 is 51.8 Å². The number of esters is 2. The van der Waals surface area contributed by atoms with Gasteiger partial charge in [0.25, 0.3) is 0 Å². The van der Waals surface area contributed by atoms with Gasteiger partial charge in [-0.1, -0.05) is 152 Å². The number of unbranched alkanes of at least 4 members (excludes halogenated alkanes) is 17. The van der Waals surface area contributed by atoms with Crippen LogP contribution in [0.5, 0.6) is 0 Å². The molecule has 0 saturated carbocycles. The second-order valence-corrected chi connectivity index (χ2v) is 16.2. The summed E-state index contributed by atoms with van der Waals surface area (Å²) in [6.45, 7) is 2.27. The fraction of sp³-hybridized carbons (Fsp3) is 0.739. The van der Waals surface area contributed by atoms with Gasteiger partial charge < -0.3 is 24.6 Å². The van der Waals surface area contributed by atoms with Gasteiger partial charge in [0.15, 0.2) is 6.10 Å². The van der Waals surface area contributed by atoms with Crippen molar-refractivity contribution in [3.8, 4) is 0 Å². The molecule has 330 valence electrons. The standard InChI is InChI=1S/C46H81O10P/c1-3-5-7-9-11-13-15-17-19-21-23-25-27-29-31-33-35-37-45(49)53-41-44(42-55-57(51,52)54-40-43(48)39-47)56-46(50)38-36-34-32-30-28-26-24-22-20-18-16-14-12-10-8-6-4-2/h12-15,18,20,24,26,30,32,43-44,47-48H,3-11,16-17,19,21-23,25,27-29,31,33-42H2,1-2H3,(H,51,52)/b14-12+,15-13+,20-18+,26-24+,32-30+/t43-,44+/m0/s1. The monoisotopic (exact) mass is 825 g/mol. The minimum atomic E-state index is -4.63. The highest BCUT2D eigenvalue weighted by molar-refractivity contribution is 7.47. The number of ether oxygens (including phenoxy) is 2. The van der Waals surface area contributed by atoms with Crippen molar-refractivity contribution < 1.29 is 47.8 Å². The van der Waals surface area contributed by atoms with E-state index in [1.54, 1.807) is 0 Å². The summed E-state index contributed by atoms with van der Waals surface area (Å²) in [5, 5.41) is 18.3. The number of aliphatic hydroxyl groups is 2. The second kappa shape index (κ2) is 41.8. The van der Waals surface area contributed by atoms with Crippen LogP contribution < -0.4 is 0 Å². The zero-order chi connectivity index (χ0) is 41.9. The van der Waals surface area contributed by atoms with Gasteiger partial charge in [0.1, 0.15) is 12.7 Å². The molecule has 0 aromatic heterocycles. The minimum absolute atomic E-state index is 0.106. The van der Waals surface area contributed by atoms with Gasteiger partial charge in [0.05, 0.1) is 19.8 Å². The van der Waals surface area contributed by atoms with Crippen LogP contribution in [0.2, 0.25) is 0 Å². The molecule has 3 atom stereocenters. The summed E-state index contributed by atoms with van der Waals surface area (Å²) < 4.78 is 32.7. The first kappa shape index (κ1) is 54.7. The molecular weight excluding hydrogens is 743 g/mol. The lowest BCUT2D eigenvalue weighted by Crippen LogP contribution is -2.29. The first-order valence-electron chi connectivity index (χ1n) is 22.2. The molecular formula is C46H81O10P. The SMILES string of the molecule is CCCCC/C=C/C/C=C/C/C=C/C/C=C/CCCC(=O)O[C@H](COC(=O)CCCCCCCCCCC/C=C/CCCCCC)COP(=O)(O)OC[C@@H](O)CO. The Morgan fingerprint density at radius 1 is 0.526 bits per heavy atom. The number of phosphoric acid groups is 1. The lowest BCUT2D eigenvalue weighted by atomic mass is 10.1. The number of allylic oxidation sites excluding steroid dienone is 10. The van der Waals surface area contributed by atoms with E-state index in [0.717, 1.165) is 44.9 Å². The van der Waals surface area contributed by atoms with Crippen molar-refractivity contribution in [2.45, 2.75) is 193 Å². The number of carbonyl (C=O) groups is 2. The predicted octanol–water partition coefficient (Wildman–Crippen LogP) is 11.9. The Morgan fingerprint density at radius 2 is 0.930 bits per heavy atom. The molecule has 0 radical (unpaired) electrons. The highest BCUT2D eigenvalue weighted by atomic mass is 31.2. The number of hydrogen-bond donors (Lipinski definition) is 3. The largest absolute Gasteiger partial charge is 0.472 e. The maximum atomic E-state index is 12.6. The number of hydrogen-bond acceptors (Lipinski definition) is 9. The van der Waals surface area contributed by atoms with Crippen molar-refractivity contribution in [1.29, 1.82) is 0 Å². The van der Waals surface area contributed by atoms with Gasteiger partial charge in [-0.3, -0.25) is 18.6 Å². The maximum absolute atomic E-state index is 12.6. The zero-order valence-electron chi connectivity index (χ0n) is 35.8. The number of aliphatic hydroxyl groups excluding tert-OH is 2. The van der Waals surface area contributed by atoms with E-state index in [4.69, 9.17) is 19.1 Å². The molecule has 0 rings (SSSR count). The van der Waals surface area contributed by atoms with Crippen LogP contribution in [0.4, 0.5) is 0 Å². The van der Waals surface area contributed by atoms with Crippen molar-refractivity contribution in [3.63, 3.8) is 0 Å². The van der Waals surface area contributed by atoms with Gasteiger partial charge in [-0.2, -0.15) is 0 Å². The molecule has 57 heavy (non-hydrogen) atoms. The molecule has 0 aliphatic heterocycles. The van der Waals surface area contributed by atoms with Crippen LogP contribution in [0.1, 0.15) is 181 Å². The summed E-state index contributed by atoms with van der Waals surface area (Å²) in [6, 6.07) is 0. The lowest BCUT2D eigenvalue weighted by Gasteiger charge is -2.20. The Balaban J connectivity index is 4.38. The zero-order valence-corrected chi connectivity index (χ0v) is 36.7. The molecule has 0 amide bonds. The van der Waals surface area contributed by atoms with Crippen LogP contribution >= 0.6 is 7.82 Å². The highest BCUT2D eigenvalue weighted by Gasteiger charge is 2.27. The van der Waals surface area contributed by atoms with Crippen molar-refractivity contribution >= 4 is 19.8 Å². The molecule has 0 aliphatic carbocycles. The fourth-order valence-corrected chi connectivity index (χ4v) is 6.48. The third-order valence-electron chi connectivity index (χ3n) is 9.14. The summed E-state index contributed by atoms with van der Waals surface area (Å²) >= 11 is 0. The molecule has 0 spiro atoms. The van der Waals surface area contributed by atoms with Crippen molar-refractivity contribution in [1.82, 2.24) is 0 Å². The van der Waals surface area contributed by atoms with Crippen LogP contribution in [0.3, 0.4) is 0 Å². The number of carbonyl (C=O) groups excluding carboxylic acids is 2. The summed E-state index contributed by atoms with van der Waals surface area (Å²) in [5.41, 5.74) is 0. The smallest absolute Gasteiger partial charge is 0.462 e. The van der Waals surface area contributed by atoms with Gasteiger partial charge in [-0.15, -0.1) is 0 Å². The van der Waals surface area contributed by atoms with Gasteiger partial charge >= 0.3 is 19.8 Å². The van der Waals surface area contributed by atoms with E-state index in [2.05, 4.69) is 67.0 Å². The van der Waals surface area contributed by atoms with Crippen LogP contribution in [-0.4, -0.2) is 65.7 Å². The van der Waals surface area contributed by atoms with Crippen LogP contribution in [-0.2, 0) is 32.7 Å². The van der Waals surface area contributed by atoms with Crippen LogP contribution in [0, 0.1) is 0 Å². The lowest BCUT2D eigenvalue weighted by molar-refractivity contribution is -0.161. The average Bonchev–Trinajstić information content (AvgIpc) is 3.20. The quantitative estimate of drug-likeness (QED) is 0.0235. The van der Waals surface area contributed by atoms with E-state index >= 15 is 0 Å². The molecule has 0 aromatic carbocycles. The molecule has 0 aromatic rings. The first-order chi connectivity index (χ1) is 27.7. The summed E-state index contributed by atoms with van der Waals surface area (Å²) in [7, 11) is -4.63. The van der Waals surface area contributed by atoms with Gasteiger partial charge in [-0.05, 0) is 77.0 Å². The number of phosphoric ester groups is 1. The third-order valence-corrected chi connectivity index (χ3v) is 10.1. The van der Waals surface area contributed by atoms with E-state index in [1.807, 2.05) is 12.2 Å². The normalized spacial score (nSPS) is 14.4. The third kappa shape index (κ3) is 41.6. The Labute approximate surface area is 346 Å². The topological polar surface area (TPSA) is 149 Å². The van der Waals surface area contributed by atoms with Gasteiger partial charge in [-0.25, -0.2) is 4.57 Å². The van der Waals surface area contributed by atoms with E-state index in [-0.39, 0.29) is 19.4 Å². The Kier molecular flexibility index (Phi) is 40.1. The molecule has 0 saturated heterocycles. The summed E-state index contributed by atoms with van der Waals surface area (Å²) in [5.74, 6) is -0.994. The summed E-state index contributed by atoms with van der Waals surface area (Å²) in [4.78, 5) is 35.0. The molecule has 0 heterocycles. The van der Waals surface area contributed by atoms with Gasteiger partial charge in [0, 0.05) is 12.8 Å². The summed E-state index contributed by atoms with van der Waals surface area (Å²) in [6.07, 6.45) is 46.2. The maximum Gasteiger partial charge on any atom is 0.472 e. The van der Waals surface area contributed by atoms with E-state index in [1.165, 1.54) is 89.9 Å². The molecule has 1 unspecified atom stereocenters. The van der Waals surface area contributed by atoms with Crippen molar-refractivity contribution in [2.24, 2.45) is 0 Å². The molecule has 0 bridgehead atoms. The molecule has 0 fully saturated rings. The van der Waals surface area contributed by atoms with Crippen LogP contribution in [0.15, 0.2) is 60.8 Å². The predicted molar refractivity (Wildman–Crippen MR) is 233 cm³/mol. The minimum Gasteiger partial charge on any atom is -0.462 e. The van der Waals surface area contributed by atoms with Gasteiger partial charge in [0.2, 0.25) is 0 Å². The Morgan fingerprint density at radius 3 is 1.47 bits per heavy atom.